The van der Waals surface area contributed by atoms with Crippen LogP contribution in [0.2, 0.25) is 0 Å². The molecule has 2 atom stereocenters. The summed E-state index contributed by atoms with van der Waals surface area (Å²) in [6, 6.07) is 17.3. The fraction of sp³-hybridized carbons (Fsp3) is 0.273. The zero-order valence-corrected chi connectivity index (χ0v) is 15.3. The van der Waals surface area contributed by atoms with E-state index in [-0.39, 0.29) is 17.7 Å². The Balaban J connectivity index is 1.62. The third kappa shape index (κ3) is 4.27. The van der Waals surface area contributed by atoms with E-state index in [2.05, 4.69) is 35.7 Å². The molecule has 1 amide bonds. The van der Waals surface area contributed by atoms with Gasteiger partial charge in [0.1, 0.15) is 0 Å². The van der Waals surface area contributed by atoms with Crippen molar-refractivity contribution in [2.45, 2.75) is 26.3 Å². The van der Waals surface area contributed by atoms with Crippen molar-refractivity contribution >= 4 is 23.0 Å². The molecule has 3 rings (SSSR count). The lowest BCUT2D eigenvalue weighted by Crippen LogP contribution is -3.17. The van der Waals surface area contributed by atoms with E-state index >= 15 is 0 Å². The molecule has 134 valence electrons. The molecule has 0 fully saturated rings. The number of rotatable bonds is 5. The SMILES string of the molecule is CC(=O)c1cccc(NC(=O)[C@@H](C)[NH+]2CC=C(c3ccccc3)CC2)c1. The minimum atomic E-state index is -0.149. The van der Waals surface area contributed by atoms with Gasteiger partial charge in [0, 0.05) is 17.7 Å². The highest BCUT2D eigenvalue weighted by Gasteiger charge is 2.27. The van der Waals surface area contributed by atoms with E-state index in [1.165, 1.54) is 23.0 Å². The molecule has 0 radical (unpaired) electrons. The van der Waals surface area contributed by atoms with Crippen molar-refractivity contribution in [3.05, 3.63) is 71.8 Å². The van der Waals surface area contributed by atoms with Gasteiger partial charge in [0.25, 0.3) is 5.91 Å². The van der Waals surface area contributed by atoms with Crippen LogP contribution in [0.25, 0.3) is 5.57 Å². The summed E-state index contributed by atoms with van der Waals surface area (Å²) in [6.45, 7) is 5.26. The molecule has 1 heterocycles. The average Bonchev–Trinajstić information content (AvgIpc) is 2.68. The summed E-state index contributed by atoms with van der Waals surface area (Å²) in [5.74, 6) is -0.0216. The van der Waals surface area contributed by atoms with Crippen molar-refractivity contribution in [3.63, 3.8) is 0 Å². The summed E-state index contributed by atoms with van der Waals surface area (Å²) in [7, 11) is 0. The molecule has 0 aliphatic carbocycles. The van der Waals surface area contributed by atoms with Gasteiger partial charge < -0.3 is 10.2 Å². The van der Waals surface area contributed by atoms with Gasteiger partial charge in [0.15, 0.2) is 11.8 Å². The van der Waals surface area contributed by atoms with Gasteiger partial charge in [-0.15, -0.1) is 0 Å². The number of nitrogens with one attached hydrogen (secondary N) is 2. The predicted octanol–water partition coefficient (Wildman–Crippen LogP) is 2.59. The highest BCUT2D eigenvalue weighted by atomic mass is 16.2. The normalized spacial score (nSPS) is 17.9. The van der Waals surface area contributed by atoms with Crippen LogP contribution in [-0.4, -0.2) is 30.8 Å². The van der Waals surface area contributed by atoms with Gasteiger partial charge in [-0.2, -0.15) is 0 Å². The number of benzene rings is 2. The molecule has 4 heteroatoms. The van der Waals surface area contributed by atoms with Crippen LogP contribution in [0.4, 0.5) is 5.69 Å². The van der Waals surface area contributed by atoms with E-state index in [9.17, 15) is 9.59 Å². The van der Waals surface area contributed by atoms with E-state index in [1.807, 2.05) is 19.1 Å². The van der Waals surface area contributed by atoms with Gasteiger partial charge in [-0.25, -0.2) is 0 Å². The van der Waals surface area contributed by atoms with Gasteiger partial charge in [0.2, 0.25) is 0 Å². The van der Waals surface area contributed by atoms with E-state index < -0.39 is 0 Å². The Morgan fingerprint density at radius 3 is 2.50 bits per heavy atom. The van der Waals surface area contributed by atoms with Crippen molar-refractivity contribution in [1.29, 1.82) is 0 Å². The number of anilines is 1. The van der Waals surface area contributed by atoms with Crippen molar-refractivity contribution in [1.82, 2.24) is 0 Å². The van der Waals surface area contributed by atoms with Gasteiger partial charge in [-0.05, 0) is 43.2 Å². The van der Waals surface area contributed by atoms with Crippen LogP contribution in [0.3, 0.4) is 0 Å². The van der Waals surface area contributed by atoms with Crippen molar-refractivity contribution in [2.75, 3.05) is 18.4 Å². The molecule has 0 bridgehead atoms. The van der Waals surface area contributed by atoms with E-state index in [0.717, 1.165) is 19.5 Å². The molecule has 0 saturated carbocycles. The molecular weight excluding hydrogens is 324 g/mol. The Morgan fingerprint density at radius 1 is 1.08 bits per heavy atom. The lowest BCUT2D eigenvalue weighted by molar-refractivity contribution is -0.909. The zero-order valence-electron chi connectivity index (χ0n) is 15.3. The molecular formula is C22H25N2O2+. The second-order valence-corrected chi connectivity index (χ2v) is 6.81. The minimum Gasteiger partial charge on any atom is -0.321 e. The maximum atomic E-state index is 12.6. The quantitative estimate of drug-likeness (QED) is 0.815. The van der Waals surface area contributed by atoms with Gasteiger partial charge in [0.05, 0.1) is 13.1 Å². The number of Topliss-reactive ketones (excluding diaryl/α,β-unsaturated/α-hetero) is 1. The first kappa shape index (κ1) is 18.1. The van der Waals surface area contributed by atoms with Gasteiger partial charge in [-0.3, -0.25) is 9.59 Å². The largest absolute Gasteiger partial charge is 0.321 e. The lowest BCUT2D eigenvalue weighted by Gasteiger charge is -2.28. The van der Waals surface area contributed by atoms with Crippen molar-refractivity contribution in [2.24, 2.45) is 0 Å². The number of amides is 1. The topological polar surface area (TPSA) is 50.6 Å². The molecule has 0 spiro atoms. The summed E-state index contributed by atoms with van der Waals surface area (Å²) >= 11 is 0. The number of hydrogen-bond acceptors (Lipinski definition) is 2. The monoisotopic (exact) mass is 349 g/mol. The second-order valence-electron chi connectivity index (χ2n) is 6.81. The summed E-state index contributed by atoms with van der Waals surface area (Å²) in [4.78, 5) is 25.4. The molecule has 2 N–H and O–H groups in total. The van der Waals surface area contributed by atoms with Crippen LogP contribution in [0.15, 0.2) is 60.7 Å². The molecule has 0 saturated heterocycles. The number of ketones is 1. The molecule has 1 aliphatic heterocycles. The third-order valence-corrected chi connectivity index (χ3v) is 5.01. The number of carbonyl (C=O) groups is 2. The molecule has 26 heavy (non-hydrogen) atoms. The van der Waals surface area contributed by atoms with Crippen LogP contribution in [0, 0.1) is 0 Å². The number of carbonyl (C=O) groups excluding carboxylic acids is 2. The second kappa shape index (κ2) is 8.11. The number of hydrogen-bond donors (Lipinski definition) is 2. The molecule has 2 aromatic rings. The molecule has 2 aromatic carbocycles. The Hall–Kier alpha value is -2.72. The summed E-state index contributed by atoms with van der Waals surface area (Å²) in [5, 5.41) is 2.94. The fourth-order valence-electron chi connectivity index (χ4n) is 3.31. The first-order chi connectivity index (χ1) is 12.5. The number of quaternary nitrogens is 1. The van der Waals surface area contributed by atoms with E-state index in [4.69, 9.17) is 0 Å². The van der Waals surface area contributed by atoms with Crippen LogP contribution < -0.4 is 10.2 Å². The van der Waals surface area contributed by atoms with Crippen LogP contribution in [0.1, 0.15) is 36.2 Å². The van der Waals surface area contributed by atoms with Crippen LogP contribution >= 0.6 is 0 Å². The molecule has 1 unspecified atom stereocenters. The maximum absolute atomic E-state index is 12.6. The highest BCUT2D eigenvalue weighted by molar-refractivity contribution is 5.98. The Morgan fingerprint density at radius 2 is 1.85 bits per heavy atom. The van der Waals surface area contributed by atoms with Crippen LogP contribution in [0.5, 0.6) is 0 Å². The first-order valence-electron chi connectivity index (χ1n) is 9.05. The Labute approximate surface area is 154 Å². The molecule has 4 nitrogen and oxygen atoms in total. The van der Waals surface area contributed by atoms with E-state index in [1.54, 1.807) is 18.2 Å². The summed E-state index contributed by atoms with van der Waals surface area (Å²) in [5.41, 5.74) is 3.91. The van der Waals surface area contributed by atoms with Gasteiger partial charge >= 0.3 is 0 Å². The minimum absolute atomic E-state index is 0.00520. The standard InChI is InChI=1S/C22H24N2O2/c1-16(22(26)23-21-10-6-9-20(15-21)17(2)25)24-13-11-19(12-14-24)18-7-4-3-5-8-18/h3-11,15-16H,12-14H2,1-2H3,(H,23,26)/p+1/t16-/m1/s1. The molecule has 0 aromatic heterocycles. The summed E-state index contributed by atoms with van der Waals surface area (Å²) < 4.78 is 0. The average molecular weight is 349 g/mol. The highest BCUT2D eigenvalue weighted by Crippen LogP contribution is 2.18. The Kier molecular flexibility index (Phi) is 5.64. The summed E-state index contributed by atoms with van der Waals surface area (Å²) in [6.07, 6.45) is 3.21. The lowest BCUT2D eigenvalue weighted by atomic mass is 9.99. The van der Waals surface area contributed by atoms with Crippen LogP contribution in [-0.2, 0) is 4.79 Å². The first-order valence-corrected chi connectivity index (χ1v) is 9.05. The van der Waals surface area contributed by atoms with Gasteiger partial charge in [-0.1, -0.05) is 42.5 Å². The van der Waals surface area contributed by atoms with Crippen molar-refractivity contribution in [3.8, 4) is 0 Å². The fourth-order valence-corrected chi connectivity index (χ4v) is 3.31. The van der Waals surface area contributed by atoms with Crippen molar-refractivity contribution < 1.29 is 14.5 Å². The van der Waals surface area contributed by atoms with E-state index in [0.29, 0.717) is 11.3 Å². The smallest absolute Gasteiger partial charge is 0.282 e. The third-order valence-electron chi connectivity index (χ3n) is 5.01. The Bertz CT molecular complexity index is 827. The maximum Gasteiger partial charge on any atom is 0.282 e. The zero-order chi connectivity index (χ0) is 18.5. The molecule has 1 aliphatic rings. The predicted molar refractivity (Wildman–Crippen MR) is 104 cm³/mol.